The van der Waals surface area contributed by atoms with Crippen molar-refractivity contribution in [2.45, 2.75) is 37.5 Å². The predicted octanol–water partition coefficient (Wildman–Crippen LogP) is 3.53. The summed E-state index contributed by atoms with van der Waals surface area (Å²) in [5.74, 6) is -0.233. The molecule has 2 rings (SSSR count). The van der Waals surface area contributed by atoms with Gasteiger partial charge >= 0.3 is 12.1 Å². The molecule has 21 heavy (non-hydrogen) atoms. The Morgan fingerprint density at radius 2 is 2.00 bits per heavy atom. The van der Waals surface area contributed by atoms with Crippen LogP contribution in [0.1, 0.15) is 36.3 Å². The van der Waals surface area contributed by atoms with E-state index in [0.29, 0.717) is 13.0 Å². The van der Waals surface area contributed by atoms with Crippen LogP contribution in [0.3, 0.4) is 0 Å². The molecule has 1 aliphatic rings. The zero-order valence-corrected chi connectivity index (χ0v) is 11.7. The van der Waals surface area contributed by atoms with Gasteiger partial charge in [0.05, 0.1) is 25.2 Å². The number of carbonyl (C=O) groups is 1. The first-order valence-corrected chi connectivity index (χ1v) is 6.75. The van der Waals surface area contributed by atoms with Gasteiger partial charge in [0.25, 0.3) is 0 Å². The molecule has 0 aromatic heterocycles. The van der Waals surface area contributed by atoms with E-state index in [1.165, 1.54) is 19.2 Å². The van der Waals surface area contributed by atoms with Crippen LogP contribution in [-0.4, -0.2) is 25.8 Å². The van der Waals surface area contributed by atoms with Crippen LogP contribution in [0.25, 0.3) is 0 Å². The Balaban J connectivity index is 2.02. The minimum Gasteiger partial charge on any atom is -0.469 e. The van der Waals surface area contributed by atoms with Crippen LogP contribution in [0.15, 0.2) is 24.3 Å². The summed E-state index contributed by atoms with van der Waals surface area (Å²) in [6.07, 6.45) is -3.03. The van der Waals surface area contributed by atoms with Gasteiger partial charge in [-0.15, -0.1) is 0 Å². The Labute approximate surface area is 121 Å². The van der Waals surface area contributed by atoms with Gasteiger partial charge in [0, 0.05) is 6.61 Å². The molecule has 116 valence electrons. The number of alkyl halides is 3. The van der Waals surface area contributed by atoms with Crippen molar-refractivity contribution in [2.24, 2.45) is 0 Å². The summed E-state index contributed by atoms with van der Waals surface area (Å²) in [5.41, 5.74) is 0.200. The van der Waals surface area contributed by atoms with Crippen molar-refractivity contribution in [3.05, 3.63) is 35.4 Å². The largest absolute Gasteiger partial charge is 0.469 e. The molecule has 3 nitrogen and oxygen atoms in total. The van der Waals surface area contributed by atoms with Gasteiger partial charge in [-0.3, -0.25) is 4.79 Å². The Kier molecular flexibility index (Phi) is 4.88. The maximum Gasteiger partial charge on any atom is 0.416 e. The quantitative estimate of drug-likeness (QED) is 0.801. The van der Waals surface area contributed by atoms with Crippen LogP contribution in [-0.2, 0) is 20.4 Å². The van der Waals surface area contributed by atoms with E-state index in [9.17, 15) is 18.0 Å². The second-order valence-corrected chi connectivity index (χ2v) is 5.11. The van der Waals surface area contributed by atoms with E-state index in [-0.39, 0.29) is 24.4 Å². The highest BCUT2D eigenvalue weighted by Gasteiger charge is 2.31. The Morgan fingerprint density at radius 3 is 2.57 bits per heavy atom. The summed E-state index contributed by atoms with van der Waals surface area (Å²) in [4.78, 5) is 11.3. The summed E-state index contributed by atoms with van der Waals surface area (Å²) in [7, 11) is 1.32. The van der Waals surface area contributed by atoms with Gasteiger partial charge in [-0.25, -0.2) is 0 Å². The van der Waals surface area contributed by atoms with Crippen molar-refractivity contribution in [2.75, 3.05) is 13.7 Å². The van der Waals surface area contributed by atoms with Crippen LogP contribution < -0.4 is 0 Å². The molecule has 1 aromatic rings. The lowest BCUT2D eigenvalue weighted by molar-refractivity contribution is -0.145. The minimum absolute atomic E-state index is 0.107. The highest BCUT2D eigenvalue weighted by molar-refractivity contribution is 5.69. The van der Waals surface area contributed by atoms with Crippen molar-refractivity contribution in [3.63, 3.8) is 0 Å². The maximum atomic E-state index is 12.5. The summed E-state index contributed by atoms with van der Waals surface area (Å²) in [6, 6.07) is 5.21. The number of benzene rings is 1. The van der Waals surface area contributed by atoms with Crippen LogP contribution in [0, 0.1) is 0 Å². The van der Waals surface area contributed by atoms with Gasteiger partial charge in [0.15, 0.2) is 0 Å². The first-order valence-electron chi connectivity index (χ1n) is 6.75. The summed E-state index contributed by atoms with van der Waals surface area (Å²) in [5, 5.41) is 0. The zero-order valence-electron chi connectivity index (χ0n) is 11.7. The normalized spacial score (nSPS) is 22.9. The van der Waals surface area contributed by atoms with E-state index in [2.05, 4.69) is 4.74 Å². The predicted molar refractivity (Wildman–Crippen MR) is 69.8 cm³/mol. The van der Waals surface area contributed by atoms with Crippen molar-refractivity contribution >= 4 is 5.97 Å². The van der Waals surface area contributed by atoms with Gasteiger partial charge in [0.2, 0.25) is 0 Å². The van der Waals surface area contributed by atoms with Gasteiger partial charge in [-0.05, 0) is 36.5 Å². The summed E-state index contributed by atoms with van der Waals surface area (Å²) in [6.45, 7) is 0.493. The van der Waals surface area contributed by atoms with Crippen LogP contribution in [0.2, 0.25) is 0 Å². The molecule has 1 heterocycles. The second-order valence-electron chi connectivity index (χ2n) is 5.11. The van der Waals surface area contributed by atoms with Crippen molar-refractivity contribution < 1.29 is 27.4 Å². The minimum atomic E-state index is -4.32. The number of hydrogen-bond donors (Lipinski definition) is 0. The monoisotopic (exact) mass is 302 g/mol. The van der Waals surface area contributed by atoms with Gasteiger partial charge in [-0.2, -0.15) is 13.2 Å². The third-order valence-electron chi connectivity index (χ3n) is 3.70. The lowest BCUT2D eigenvalue weighted by Gasteiger charge is -2.29. The van der Waals surface area contributed by atoms with E-state index in [1.54, 1.807) is 0 Å². The number of esters is 1. The van der Waals surface area contributed by atoms with Crippen LogP contribution in [0.5, 0.6) is 0 Å². The highest BCUT2D eigenvalue weighted by atomic mass is 19.4. The number of methoxy groups -OCH3 is 1. The first-order chi connectivity index (χ1) is 9.90. The number of hydrogen-bond acceptors (Lipinski definition) is 3. The lowest BCUT2D eigenvalue weighted by atomic mass is 9.87. The van der Waals surface area contributed by atoms with E-state index in [0.717, 1.165) is 24.1 Å². The molecule has 0 saturated carbocycles. The molecule has 0 spiro atoms. The average Bonchev–Trinajstić information content (AvgIpc) is 2.46. The fourth-order valence-corrected chi connectivity index (χ4v) is 2.54. The summed E-state index contributed by atoms with van der Waals surface area (Å²) < 4.78 is 47.7. The Bertz CT molecular complexity index is 482. The molecule has 2 atom stereocenters. The number of rotatable bonds is 3. The Morgan fingerprint density at radius 1 is 1.33 bits per heavy atom. The molecular formula is C15H17F3O3. The average molecular weight is 302 g/mol. The molecule has 1 saturated heterocycles. The van der Waals surface area contributed by atoms with Crippen molar-refractivity contribution in [1.82, 2.24) is 0 Å². The molecule has 2 unspecified atom stereocenters. The SMILES string of the molecule is COC(=O)CC1CC(c2ccc(C(F)(F)F)cc2)CCO1. The topological polar surface area (TPSA) is 35.5 Å². The molecule has 0 N–H and O–H groups in total. The van der Waals surface area contributed by atoms with E-state index < -0.39 is 11.7 Å². The fraction of sp³-hybridized carbons (Fsp3) is 0.533. The zero-order chi connectivity index (χ0) is 15.5. The molecule has 0 amide bonds. The van der Waals surface area contributed by atoms with Gasteiger partial charge < -0.3 is 9.47 Å². The van der Waals surface area contributed by atoms with E-state index in [4.69, 9.17) is 4.74 Å². The highest BCUT2D eigenvalue weighted by Crippen LogP contribution is 2.34. The molecule has 1 fully saturated rings. The number of halogens is 3. The maximum absolute atomic E-state index is 12.5. The van der Waals surface area contributed by atoms with E-state index >= 15 is 0 Å². The fourth-order valence-electron chi connectivity index (χ4n) is 2.54. The molecule has 6 heteroatoms. The van der Waals surface area contributed by atoms with Gasteiger partial charge in [0.1, 0.15) is 0 Å². The molecule has 1 aromatic carbocycles. The van der Waals surface area contributed by atoms with E-state index in [1.807, 2.05) is 0 Å². The van der Waals surface area contributed by atoms with Crippen molar-refractivity contribution in [3.8, 4) is 0 Å². The molecule has 0 aliphatic carbocycles. The smallest absolute Gasteiger partial charge is 0.416 e. The van der Waals surface area contributed by atoms with Crippen LogP contribution in [0.4, 0.5) is 13.2 Å². The van der Waals surface area contributed by atoms with Gasteiger partial charge in [-0.1, -0.05) is 12.1 Å². The number of ether oxygens (including phenoxy) is 2. The molecular weight excluding hydrogens is 285 g/mol. The second kappa shape index (κ2) is 6.47. The van der Waals surface area contributed by atoms with Crippen LogP contribution >= 0.6 is 0 Å². The van der Waals surface area contributed by atoms with Crippen molar-refractivity contribution in [1.29, 1.82) is 0 Å². The molecule has 1 aliphatic heterocycles. The standard InChI is InChI=1S/C15H17F3O3/c1-20-14(19)9-13-8-11(6-7-21-13)10-2-4-12(5-3-10)15(16,17)18/h2-5,11,13H,6-9H2,1H3. The third-order valence-corrected chi connectivity index (χ3v) is 3.70. The number of carbonyl (C=O) groups excluding carboxylic acids is 1. The molecule has 0 bridgehead atoms. The summed E-state index contributed by atoms with van der Waals surface area (Å²) >= 11 is 0. The molecule has 0 radical (unpaired) electrons. The first kappa shape index (κ1) is 15.8. The Hall–Kier alpha value is -1.56. The third kappa shape index (κ3) is 4.20. The lowest BCUT2D eigenvalue weighted by Crippen LogP contribution is -2.27.